The highest BCUT2D eigenvalue weighted by Crippen LogP contribution is 2.38. The van der Waals surface area contributed by atoms with E-state index in [1.54, 1.807) is 0 Å². The molecule has 0 unspecified atom stereocenters. The molecule has 0 radical (unpaired) electrons. The molecule has 2 aliphatic carbocycles. The van der Waals surface area contributed by atoms with Crippen LogP contribution in [0.5, 0.6) is 0 Å². The van der Waals surface area contributed by atoms with Crippen molar-refractivity contribution in [2.45, 2.75) is 25.7 Å². The number of allylic oxidation sites excluding steroid dienone is 5. The van der Waals surface area contributed by atoms with Crippen LogP contribution in [0.15, 0.2) is 140 Å². The van der Waals surface area contributed by atoms with Crippen molar-refractivity contribution in [3.63, 3.8) is 0 Å². The number of fused-ring (bicyclic) bond motifs is 1. The number of nitriles is 1. The maximum Gasteiger partial charge on any atom is 0.164 e. The van der Waals surface area contributed by atoms with Gasteiger partial charge in [-0.2, -0.15) is 5.26 Å². The first-order valence-corrected chi connectivity index (χ1v) is 16.5. The van der Waals surface area contributed by atoms with E-state index in [1.807, 2.05) is 54.6 Å². The number of nitrogens with zero attached hydrogens (tertiary/aromatic N) is 4. The third kappa shape index (κ3) is 5.79. The standard InChI is InChI=1S/C44H32N4/c45-29-30-15-17-33(18-16-30)38-27-28-39(41-14-8-7-13-40(38)41)34-21-25-37(26-22-34)44-47-42(35-11-5-2-6-12-35)46-43(48-44)36-23-19-32(20-24-36)31-9-3-1-4-10-31/h1-3,5-6,8-9,11-12,14-28H,4,7,10,13H2. The highest BCUT2D eigenvalue weighted by molar-refractivity contribution is 5.85. The first-order chi connectivity index (χ1) is 23.7. The van der Waals surface area contributed by atoms with Gasteiger partial charge in [0.1, 0.15) is 0 Å². The Bertz CT molecular complexity index is 2250. The summed E-state index contributed by atoms with van der Waals surface area (Å²) in [6.45, 7) is 0. The summed E-state index contributed by atoms with van der Waals surface area (Å²) in [7, 11) is 0. The largest absolute Gasteiger partial charge is 0.208 e. The lowest BCUT2D eigenvalue weighted by molar-refractivity contribution is 0.989. The van der Waals surface area contributed by atoms with E-state index < -0.39 is 0 Å². The molecular formula is C44H32N4. The predicted octanol–water partition coefficient (Wildman–Crippen LogP) is 10.8. The number of rotatable bonds is 6. The van der Waals surface area contributed by atoms with Gasteiger partial charge in [-0.15, -0.1) is 0 Å². The van der Waals surface area contributed by atoms with Gasteiger partial charge in [-0.05, 0) is 82.3 Å². The van der Waals surface area contributed by atoms with E-state index in [1.165, 1.54) is 33.4 Å². The molecular weight excluding hydrogens is 585 g/mol. The Morgan fingerprint density at radius 3 is 1.67 bits per heavy atom. The summed E-state index contributed by atoms with van der Waals surface area (Å²) in [6, 6.07) is 41.8. The normalized spacial score (nSPS) is 13.4. The van der Waals surface area contributed by atoms with Gasteiger partial charge >= 0.3 is 0 Å². The summed E-state index contributed by atoms with van der Waals surface area (Å²) in [6.07, 6.45) is 15.2. The van der Waals surface area contributed by atoms with Crippen molar-refractivity contribution in [2.75, 3.05) is 0 Å². The van der Waals surface area contributed by atoms with Crippen LogP contribution < -0.4 is 0 Å². The van der Waals surface area contributed by atoms with Gasteiger partial charge in [0.2, 0.25) is 0 Å². The molecule has 48 heavy (non-hydrogen) atoms. The van der Waals surface area contributed by atoms with Crippen LogP contribution in [-0.2, 0) is 6.42 Å². The van der Waals surface area contributed by atoms with Crippen molar-refractivity contribution in [3.8, 4) is 62.5 Å². The van der Waals surface area contributed by atoms with Gasteiger partial charge in [0.05, 0.1) is 11.6 Å². The minimum absolute atomic E-state index is 0.646. The fourth-order valence-electron chi connectivity index (χ4n) is 6.63. The van der Waals surface area contributed by atoms with Gasteiger partial charge in [0.15, 0.2) is 17.5 Å². The molecule has 5 aromatic carbocycles. The summed E-state index contributed by atoms with van der Waals surface area (Å²) in [4.78, 5) is 14.9. The molecule has 0 bridgehead atoms. The molecule has 4 nitrogen and oxygen atoms in total. The van der Waals surface area contributed by atoms with E-state index in [4.69, 9.17) is 15.0 Å². The quantitative estimate of drug-likeness (QED) is 0.187. The number of benzene rings is 5. The molecule has 8 rings (SSSR count). The van der Waals surface area contributed by atoms with Crippen molar-refractivity contribution < 1.29 is 0 Å². The van der Waals surface area contributed by atoms with Gasteiger partial charge in [-0.1, -0.05) is 134 Å². The second-order valence-electron chi connectivity index (χ2n) is 12.2. The second-order valence-corrected chi connectivity index (χ2v) is 12.2. The third-order valence-corrected chi connectivity index (χ3v) is 9.18. The Kier molecular flexibility index (Phi) is 7.86. The van der Waals surface area contributed by atoms with E-state index in [9.17, 15) is 5.26 Å². The molecule has 2 aliphatic rings. The summed E-state index contributed by atoms with van der Waals surface area (Å²) >= 11 is 0. The summed E-state index contributed by atoms with van der Waals surface area (Å²) in [5.41, 5.74) is 13.4. The Balaban J connectivity index is 1.15. The average molecular weight is 617 g/mol. The molecule has 0 fully saturated rings. The molecule has 0 spiro atoms. The zero-order valence-corrected chi connectivity index (χ0v) is 26.5. The molecule has 1 aromatic heterocycles. The highest BCUT2D eigenvalue weighted by Gasteiger charge is 2.18. The average Bonchev–Trinajstić information content (AvgIpc) is 3.18. The SMILES string of the molecule is N#Cc1ccc(-c2ccc(-c3ccc(-c4nc(-c5ccccc5)nc(-c5ccc(C6=CC=CCC6)cc5)n4)cc3)c3c2CCC=C3)cc1. The minimum Gasteiger partial charge on any atom is -0.208 e. The Hall–Kier alpha value is -6.18. The fraction of sp³-hybridized carbons (Fsp3) is 0.0909. The monoisotopic (exact) mass is 616 g/mol. The van der Waals surface area contributed by atoms with Crippen LogP contribution in [0.4, 0.5) is 0 Å². The van der Waals surface area contributed by atoms with Crippen molar-refractivity contribution in [1.82, 2.24) is 15.0 Å². The second kappa shape index (κ2) is 12.9. The molecule has 0 amide bonds. The van der Waals surface area contributed by atoms with Crippen molar-refractivity contribution in [1.29, 1.82) is 5.26 Å². The van der Waals surface area contributed by atoms with Gasteiger partial charge in [-0.25, -0.2) is 15.0 Å². The molecule has 4 heteroatoms. The zero-order chi connectivity index (χ0) is 32.3. The summed E-state index contributed by atoms with van der Waals surface area (Å²) < 4.78 is 0. The maximum absolute atomic E-state index is 9.25. The van der Waals surface area contributed by atoms with Crippen LogP contribution in [-0.4, -0.2) is 15.0 Å². The van der Waals surface area contributed by atoms with Crippen molar-refractivity contribution >= 4 is 11.6 Å². The molecule has 0 aliphatic heterocycles. The number of hydrogen-bond donors (Lipinski definition) is 0. The van der Waals surface area contributed by atoms with Gasteiger partial charge in [-0.3, -0.25) is 0 Å². The molecule has 1 heterocycles. The highest BCUT2D eigenvalue weighted by atomic mass is 15.0. The van der Waals surface area contributed by atoms with Gasteiger partial charge in [0.25, 0.3) is 0 Å². The maximum atomic E-state index is 9.25. The Morgan fingerprint density at radius 2 is 1.04 bits per heavy atom. The summed E-state index contributed by atoms with van der Waals surface area (Å²) in [5.74, 6) is 1.96. The number of aromatic nitrogens is 3. The van der Waals surface area contributed by atoms with E-state index in [-0.39, 0.29) is 0 Å². The summed E-state index contributed by atoms with van der Waals surface area (Å²) in [5, 5.41) is 9.25. The molecule has 0 saturated carbocycles. The van der Waals surface area contributed by atoms with Gasteiger partial charge < -0.3 is 0 Å². The van der Waals surface area contributed by atoms with Crippen LogP contribution >= 0.6 is 0 Å². The van der Waals surface area contributed by atoms with Crippen molar-refractivity contribution in [3.05, 3.63) is 162 Å². The minimum atomic E-state index is 0.646. The number of hydrogen-bond acceptors (Lipinski definition) is 4. The van der Waals surface area contributed by atoms with Crippen LogP contribution in [0.3, 0.4) is 0 Å². The van der Waals surface area contributed by atoms with Crippen LogP contribution in [0.1, 0.15) is 41.5 Å². The Morgan fingerprint density at radius 1 is 0.500 bits per heavy atom. The van der Waals surface area contributed by atoms with Crippen LogP contribution in [0.25, 0.3) is 68.1 Å². The van der Waals surface area contributed by atoms with E-state index in [0.717, 1.165) is 53.5 Å². The smallest absolute Gasteiger partial charge is 0.164 e. The third-order valence-electron chi connectivity index (χ3n) is 9.18. The first kappa shape index (κ1) is 29.2. The van der Waals surface area contributed by atoms with E-state index in [2.05, 4.69) is 97.1 Å². The molecule has 0 atom stereocenters. The lowest BCUT2D eigenvalue weighted by atomic mass is 9.84. The molecule has 228 valence electrons. The van der Waals surface area contributed by atoms with Crippen LogP contribution in [0.2, 0.25) is 0 Å². The Labute approximate surface area is 281 Å². The van der Waals surface area contributed by atoms with Gasteiger partial charge in [0, 0.05) is 16.7 Å². The van der Waals surface area contributed by atoms with E-state index >= 15 is 0 Å². The molecule has 0 saturated heterocycles. The van der Waals surface area contributed by atoms with Crippen molar-refractivity contribution in [2.24, 2.45) is 0 Å². The lowest BCUT2D eigenvalue weighted by Crippen LogP contribution is -2.01. The lowest BCUT2D eigenvalue weighted by Gasteiger charge is -2.20. The topological polar surface area (TPSA) is 62.5 Å². The van der Waals surface area contributed by atoms with Crippen LogP contribution in [0, 0.1) is 11.3 Å². The zero-order valence-electron chi connectivity index (χ0n) is 26.5. The molecule has 6 aromatic rings. The molecule has 0 N–H and O–H groups in total. The first-order valence-electron chi connectivity index (χ1n) is 16.5. The van der Waals surface area contributed by atoms with E-state index in [0.29, 0.717) is 23.0 Å². The fourth-order valence-corrected chi connectivity index (χ4v) is 6.63. The predicted molar refractivity (Wildman–Crippen MR) is 195 cm³/mol.